The molecule has 0 saturated carbocycles. The monoisotopic (exact) mass is 469 g/mol. The number of hydrogen-bond acceptors (Lipinski definition) is 8. The van der Waals surface area contributed by atoms with E-state index in [-0.39, 0.29) is 17.7 Å². The maximum Gasteiger partial charge on any atom is 0.420 e. The van der Waals surface area contributed by atoms with Crippen LogP contribution in [0.5, 0.6) is 0 Å². The maximum atomic E-state index is 13.1. The Hall–Kier alpha value is -2.27. The summed E-state index contributed by atoms with van der Waals surface area (Å²) < 4.78 is 33.6. The van der Waals surface area contributed by atoms with Gasteiger partial charge in [0.15, 0.2) is 5.82 Å². The highest BCUT2D eigenvalue weighted by Crippen LogP contribution is 2.37. The molecule has 3 rings (SSSR count). The molecule has 0 spiro atoms. The third-order valence-electron chi connectivity index (χ3n) is 3.59. The fourth-order valence-electron chi connectivity index (χ4n) is 2.52. The van der Waals surface area contributed by atoms with Gasteiger partial charge in [0.25, 0.3) is 10.1 Å². The minimum absolute atomic E-state index is 0.0598. The Morgan fingerprint density at radius 1 is 1.20 bits per heavy atom. The van der Waals surface area contributed by atoms with Gasteiger partial charge in [-0.3, -0.25) is 4.18 Å². The van der Waals surface area contributed by atoms with Gasteiger partial charge in [-0.05, 0) is 50.6 Å². The highest BCUT2D eigenvalue weighted by atomic mass is 35.5. The number of carbonyl (C=O) groups is 1. The Balaban J connectivity index is 2.13. The molecule has 8 nitrogen and oxygen atoms in total. The van der Waals surface area contributed by atoms with Gasteiger partial charge in [-0.25, -0.2) is 14.7 Å². The fourth-order valence-corrected chi connectivity index (χ4v) is 4.10. The lowest BCUT2D eigenvalue weighted by Gasteiger charge is -2.27. The van der Waals surface area contributed by atoms with E-state index in [9.17, 15) is 13.2 Å². The van der Waals surface area contributed by atoms with Gasteiger partial charge >= 0.3 is 6.09 Å². The van der Waals surface area contributed by atoms with Crippen molar-refractivity contribution in [3.63, 3.8) is 0 Å². The van der Waals surface area contributed by atoms with Crippen molar-refractivity contribution in [3.8, 4) is 0 Å². The molecule has 2 heterocycles. The average molecular weight is 470 g/mol. The molecular formula is C19H20ClN3O5S2. The standard InChI is InChI=1S/C19H20ClN3O5S2/c1-19(2,3)28-18(24)23(12-8-6-5-7-9-12)16-15-14(21-17(20)22-16)10-13(29-15)11-27-30(4,25)26/h5-10H,11H2,1-4H3. The predicted molar refractivity (Wildman–Crippen MR) is 117 cm³/mol. The molecule has 0 aliphatic carbocycles. The topological polar surface area (TPSA) is 98.7 Å². The van der Waals surface area contributed by atoms with Gasteiger partial charge in [-0.1, -0.05) is 18.2 Å². The quantitative estimate of drug-likeness (QED) is 0.387. The van der Waals surface area contributed by atoms with Gasteiger partial charge in [0, 0.05) is 4.88 Å². The zero-order valence-corrected chi connectivity index (χ0v) is 19.1. The molecule has 3 aromatic rings. The SMILES string of the molecule is CC(C)(C)OC(=O)N(c1ccccc1)c1nc(Cl)nc2cc(COS(C)(=O)=O)sc12. The van der Waals surface area contributed by atoms with Crippen LogP contribution in [0.1, 0.15) is 25.6 Å². The Morgan fingerprint density at radius 2 is 1.87 bits per heavy atom. The van der Waals surface area contributed by atoms with Crippen molar-refractivity contribution in [2.75, 3.05) is 11.2 Å². The summed E-state index contributed by atoms with van der Waals surface area (Å²) in [7, 11) is -3.61. The first kappa shape index (κ1) is 22.4. The van der Waals surface area contributed by atoms with Gasteiger partial charge in [0.2, 0.25) is 5.28 Å². The number of nitrogens with zero attached hydrogens (tertiary/aromatic N) is 3. The minimum atomic E-state index is -3.61. The molecule has 1 aromatic carbocycles. The van der Waals surface area contributed by atoms with Crippen LogP contribution in [0.3, 0.4) is 0 Å². The lowest BCUT2D eigenvalue weighted by Crippen LogP contribution is -2.34. The van der Waals surface area contributed by atoms with Crippen LogP contribution >= 0.6 is 22.9 Å². The number of ether oxygens (including phenoxy) is 1. The van der Waals surface area contributed by atoms with Crippen molar-refractivity contribution >= 4 is 60.9 Å². The van der Waals surface area contributed by atoms with Crippen LogP contribution in [-0.4, -0.2) is 36.3 Å². The number of anilines is 2. The number of benzene rings is 1. The fraction of sp³-hybridized carbons (Fsp3) is 0.316. The van der Waals surface area contributed by atoms with Crippen LogP contribution in [0.15, 0.2) is 36.4 Å². The molecule has 2 aromatic heterocycles. The smallest absolute Gasteiger partial charge is 0.420 e. The van der Waals surface area contributed by atoms with E-state index in [1.807, 2.05) is 6.07 Å². The Labute approximate surface area is 183 Å². The molecule has 11 heteroatoms. The van der Waals surface area contributed by atoms with Gasteiger partial charge in [-0.2, -0.15) is 13.4 Å². The van der Waals surface area contributed by atoms with E-state index < -0.39 is 21.8 Å². The van der Waals surface area contributed by atoms with Crippen LogP contribution in [0.4, 0.5) is 16.3 Å². The van der Waals surface area contributed by atoms with E-state index >= 15 is 0 Å². The van der Waals surface area contributed by atoms with Crippen LogP contribution < -0.4 is 4.90 Å². The molecule has 160 valence electrons. The summed E-state index contributed by atoms with van der Waals surface area (Å²) in [5, 5.41) is -0.0598. The number of thiophene rings is 1. The Morgan fingerprint density at radius 3 is 2.47 bits per heavy atom. The summed E-state index contributed by atoms with van der Waals surface area (Å²) in [5.74, 6) is 0.237. The number of halogens is 1. The van der Waals surface area contributed by atoms with Crippen LogP contribution in [-0.2, 0) is 25.6 Å². The van der Waals surface area contributed by atoms with E-state index in [0.29, 0.717) is 20.8 Å². The molecule has 0 saturated heterocycles. The number of para-hydroxylation sites is 1. The number of carbonyl (C=O) groups excluding carboxylic acids is 1. The Bertz CT molecular complexity index is 1170. The first-order valence-electron chi connectivity index (χ1n) is 8.81. The molecule has 0 N–H and O–H groups in total. The maximum absolute atomic E-state index is 13.1. The summed E-state index contributed by atoms with van der Waals surface area (Å²) in [6.07, 6.45) is 0.342. The first-order valence-corrected chi connectivity index (χ1v) is 11.8. The second kappa shape index (κ2) is 8.46. The molecule has 0 unspecified atom stereocenters. The van der Waals surface area contributed by atoms with E-state index in [4.69, 9.17) is 20.5 Å². The lowest BCUT2D eigenvalue weighted by atomic mass is 10.2. The average Bonchev–Trinajstić information content (AvgIpc) is 3.02. The van der Waals surface area contributed by atoms with E-state index in [1.54, 1.807) is 51.1 Å². The number of amides is 1. The number of aromatic nitrogens is 2. The van der Waals surface area contributed by atoms with Crippen LogP contribution in [0, 0.1) is 0 Å². The number of rotatable bonds is 5. The number of fused-ring (bicyclic) bond motifs is 1. The van der Waals surface area contributed by atoms with Crippen LogP contribution in [0.25, 0.3) is 10.2 Å². The minimum Gasteiger partial charge on any atom is -0.443 e. The van der Waals surface area contributed by atoms with Crippen molar-refractivity contribution in [1.82, 2.24) is 9.97 Å². The highest BCUT2D eigenvalue weighted by Gasteiger charge is 2.28. The molecule has 30 heavy (non-hydrogen) atoms. The molecule has 0 aliphatic rings. The summed E-state index contributed by atoms with van der Waals surface area (Å²) in [6, 6.07) is 10.5. The summed E-state index contributed by atoms with van der Waals surface area (Å²) >= 11 is 7.34. The normalized spacial score (nSPS) is 12.2. The van der Waals surface area contributed by atoms with E-state index in [2.05, 4.69) is 9.97 Å². The molecule has 0 atom stereocenters. The molecule has 1 amide bonds. The van der Waals surface area contributed by atoms with Crippen molar-refractivity contribution < 1.29 is 22.1 Å². The molecule has 0 aliphatic heterocycles. The predicted octanol–water partition coefficient (Wildman–Crippen LogP) is 4.89. The molecular weight excluding hydrogens is 450 g/mol. The van der Waals surface area contributed by atoms with Gasteiger partial charge in [0.05, 0.1) is 22.2 Å². The zero-order chi connectivity index (χ0) is 22.1. The van der Waals surface area contributed by atoms with Crippen molar-refractivity contribution in [3.05, 3.63) is 46.6 Å². The largest absolute Gasteiger partial charge is 0.443 e. The van der Waals surface area contributed by atoms with Gasteiger partial charge in [-0.15, -0.1) is 11.3 Å². The molecule has 0 radical (unpaired) electrons. The second-order valence-electron chi connectivity index (χ2n) is 7.36. The molecule has 0 fully saturated rings. The van der Waals surface area contributed by atoms with E-state index in [0.717, 1.165) is 6.26 Å². The zero-order valence-electron chi connectivity index (χ0n) is 16.7. The van der Waals surface area contributed by atoms with Gasteiger partial charge in [0.1, 0.15) is 12.2 Å². The van der Waals surface area contributed by atoms with Crippen LogP contribution in [0.2, 0.25) is 5.28 Å². The van der Waals surface area contributed by atoms with Crippen molar-refractivity contribution in [1.29, 1.82) is 0 Å². The van der Waals surface area contributed by atoms with E-state index in [1.165, 1.54) is 16.2 Å². The lowest BCUT2D eigenvalue weighted by molar-refractivity contribution is 0.0598. The van der Waals surface area contributed by atoms with Crippen molar-refractivity contribution in [2.24, 2.45) is 0 Å². The molecule has 0 bridgehead atoms. The summed E-state index contributed by atoms with van der Waals surface area (Å²) in [4.78, 5) is 23.5. The summed E-state index contributed by atoms with van der Waals surface area (Å²) in [6.45, 7) is 5.14. The Kier molecular flexibility index (Phi) is 6.32. The number of hydrogen-bond donors (Lipinski definition) is 0. The third-order valence-corrected chi connectivity index (χ3v) is 5.40. The summed E-state index contributed by atoms with van der Waals surface area (Å²) in [5.41, 5.74) is 0.265. The van der Waals surface area contributed by atoms with Gasteiger partial charge < -0.3 is 4.74 Å². The second-order valence-corrected chi connectivity index (χ2v) is 10.5. The van der Waals surface area contributed by atoms with Crippen molar-refractivity contribution in [2.45, 2.75) is 33.0 Å². The first-order chi connectivity index (χ1) is 13.9. The highest BCUT2D eigenvalue weighted by molar-refractivity contribution is 7.85. The third kappa shape index (κ3) is 5.66.